The molecule has 1 saturated carbocycles. The average Bonchev–Trinajstić information content (AvgIpc) is 3.13. The Kier molecular flexibility index (Phi) is 9.24. The van der Waals surface area contributed by atoms with Gasteiger partial charge < -0.3 is 33.2 Å². The third-order valence-electron chi connectivity index (χ3n) is 6.96. The number of carbonyl (C=O) groups is 5. The Balaban J connectivity index is 1.92. The fourth-order valence-electron chi connectivity index (χ4n) is 5.66. The molecule has 12 heteroatoms. The highest BCUT2D eigenvalue weighted by Crippen LogP contribution is 2.50. The van der Waals surface area contributed by atoms with Crippen LogP contribution in [-0.2, 0) is 57.1 Å². The van der Waals surface area contributed by atoms with Crippen molar-refractivity contribution in [3.05, 3.63) is 11.6 Å². The number of Topliss-reactive ketones (excluding diaryl/α,β-unsaturated/α-hetero) is 1. The van der Waals surface area contributed by atoms with E-state index in [2.05, 4.69) is 0 Å². The molecule has 0 aromatic carbocycles. The van der Waals surface area contributed by atoms with Gasteiger partial charge in [-0.1, -0.05) is 19.9 Å². The molecule has 2 heterocycles. The van der Waals surface area contributed by atoms with Gasteiger partial charge in [0.05, 0.1) is 11.7 Å². The lowest BCUT2D eigenvalue weighted by Crippen LogP contribution is -2.63. The van der Waals surface area contributed by atoms with Crippen molar-refractivity contribution in [2.75, 3.05) is 6.61 Å². The van der Waals surface area contributed by atoms with E-state index < -0.39 is 77.8 Å². The lowest BCUT2D eigenvalue weighted by molar-refractivity contribution is -0.320. The maximum absolute atomic E-state index is 12.4. The maximum Gasteiger partial charge on any atom is 0.303 e. The molecule has 0 spiro atoms. The number of carbonyl (C=O) groups excluding carboxylic acids is 5. The zero-order chi connectivity index (χ0) is 29.3. The van der Waals surface area contributed by atoms with Gasteiger partial charge in [-0.2, -0.15) is 0 Å². The van der Waals surface area contributed by atoms with Gasteiger partial charge in [0.1, 0.15) is 24.6 Å². The number of ketones is 1. The van der Waals surface area contributed by atoms with Crippen molar-refractivity contribution < 1.29 is 57.1 Å². The van der Waals surface area contributed by atoms with E-state index in [9.17, 15) is 24.0 Å². The minimum atomic E-state index is -1.34. The van der Waals surface area contributed by atoms with Crippen molar-refractivity contribution in [2.24, 2.45) is 5.41 Å². The summed E-state index contributed by atoms with van der Waals surface area (Å²) in [7, 11) is 0. The predicted octanol–water partition coefficient (Wildman–Crippen LogP) is 1.95. The molecule has 0 radical (unpaired) electrons. The van der Waals surface area contributed by atoms with Crippen LogP contribution in [-0.4, -0.2) is 84.8 Å². The Morgan fingerprint density at radius 3 is 2.03 bits per heavy atom. The Bertz CT molecular complexity index is 1030. The first-order chi connectivity index (χ1) is 18.0. The standard InChI is InChI=1S/C27H38O12/c1-13(19-9-21-26(6,7)10-18(32)11-27(21,8)39-19)34-25-24(37-17(5)31)23(36-16(4)30)22(35-15(3)29)20(38-25)12-33-14(2)28/h9,13,19-20,22-25H,10-12H2,1-8H3. The van der Waals surface area contributed by atoms with E-state index in [4.69, 9.17) is 33.2 Å². The molecular weight excluding hydrogens is 516 g/mol. The topological polar surface area (TPSA) is 150 Å². The fourth-order valence-corrected chi connectivity index (χ4v) is 5.66. The van der Waals surface area contributed by atoms with Crippen molar-refractivity contribution >= 4 is 29.7 Å². The normalized spacial score (nSPS) is 34.3. The minimum absolute atomic E-state index is 0.105. The molecule has 218 valence electrons. The molecule has 3 aliphatic rings. The number of fused-ring (bicyclic) bond motifs is 1. The van der Waals surface area contributed by atoms with Crippen molar-refractivity contribution in [1.29, 1.82) is 0 Å². The maximum atomic E-state index is 12.4. The van der Waals surface area contributed by atoms with E-state index in [1.54, 1.807) is 6.92 Å². The molecule has 0 amide bonds. The van der Waals surface area contributed by atoms with Crippen LogP contribution in [0.2, 0.25) is 0 Å². The summed E-state index contributed by atoms with van der Waals surface area (Å²) in [4.78, 5) is 59.9. The van der Waals surface area contributed by atoms with E-state index in [1.807, 2.05) is 26.8 Å². The molecule has 1 saturated heterocycles. The molecule has 0 aromatic heterocycles. The smallest absolute Gasteiger partial charge is 0.303 e. The van der Waals surface area contributed by atoms with Gasteiger partial charge in [0.2, 0.25) is 0 Å². The summed E-state index contributed by atoms with van der Waals surface area (Å²) in [5, 5.41) is 0. The lowest BCUT2D eigenvalue weighted by Gasteiger charge is -2.45. The second-order valence-electron chi connectivity index (χ2n) is 11.1. The number of esters is 4. The van der Waals surface area contributed by atoms with Gasteiger partial charge in [-0.15, -0.1) is 0 Å². The Morgan fingerprint density at radius 2 is 1.46 bits per heavy atom. The average molecular weight is 555 g/mol. The Morgan fingerprint density at radius 1 is 0.897 bits per heavy atom. The van der Waals surface area contributed by atoms with E-state index in [0.717, 1.165) is 26.3 Å². The predicted molar refractivity (Wildman–Crippen MR) is 132 cm³/mol. The van der Waals surface area contributed by atoms with Crippen LogP contribution >= 0.6 is 0 Å². The van der Waals surface area contributed by atoms with E-state index in [-0.39, 0.29) is 18.8 Å². The molecule has 2 fully saturated rings. The van der Waals surface area contributed by atoms with Crippen molar-refractivity contribution in [1.82, 2.24) is 0 Å². The third-order valence-corrected chi connectivity index (χ3v) is 6.96. The molecule has 0 N–H and O–H groups in total. The molecule has 1 aliphatic carbocycles. The number of ether oxygens (including phenoxy) is 7. The van der Waals surface area contributed by atoms with Crippen LogP contribution in [0.15, 0.2) is 11.6 Å². The van der Waals surface area contributed by atoms with Gasteiger partial charge in [-0.05, 0) is 24.8 Å². The highest BCUT2D eigenvalue weighted by Gasteiger charge is 2.55. The monoisotopic (exact) mass is 554 g/mol. The first-order valence-corrected chi connectivity index (χ1v) is 12.9. The van der Waals surface area contributed by atoms with Gasteiger partial charge in [0.15, 0.2) is 24.6 Å². The van der Waals surface area contributed by atoms with Crippen LogP contribution in [0.25, 0.3) is 0 Å². The van der Waals surface area contributed by atoms with Gasteiger partial charge >= 0.3 is 23.9 Å². The molecule has 0 bridgehead atoms. The van der Waals surface area contributed by atoms with Crippen molar-refractivity contribution in [3.63, 3.8) is 0 Å². The SMILES string of the molecule is CC(=O)OCC1OC(OC(C)C2C=C3C(C)(C)CC(=O)CC3(C)O2)C(OC(C)=O)C(OC(C)=O)C1OC(C)=O. The zero-order valence-electron chi connectivity index (χ0n) is 23.6. The summed E-state index contributed by atoms with van der Waals surface area (Å²) in [5.74, 6) is -2.69. The Labute approximate surface area is 227 Å². The molecule has 8 atom stereocenters. The van der Waals surface area contributed by atoms with Gasteiger partial charge in [0, 0.05) is 40.5 Å². The summed E-state index contributed by atoms with van der Waals surface area (Å²) >= 11 is 0. The van der Waals surface area contributed by atoms with Gasteiger partial charge in [-0.3, -0.25) is 24.0 Å². The number of hydrogen-bond acceptors (Lipinski definition) is 12. The van der Waals surface area contributed by atoms with Gasteiger partial charge in [-0.25, -0.2) is 0 Å². The summed E-state index contributed by atoms with van der Waals surface area (Å²) < 4.78 is 40.0. The highest BCUT2D eigenvalue weighted by atomic mass is 16.7. The van der Waals surface area contributed by atoms with Crippen molar-refractivity contribution in [2.45, 2.75) is 117 Å². The van der Waals surface area contributed by atoms with Crippen LogP contribution in [0.1, 0.15) is 68.2 Å². The summed E-state index contributed by atoms with van der Waals surface area (Å²) in [5.41, 5.74) is -0.188. The van der Waals surface area contributed by atoms with E-state index in [0.29, 0.717) is 6.42 Å². The van der Waals surface area contributed by atoms with E-state index >= 15 is 0 Å². The zero-order valence-corrected chi connectivity index (χ0v) is 23.6. The third kappa shape index (κ3) is 7.23. The van der Waals surface area contributed by atoms with Crippen LogP contribution in [0.4, 0.5) is 0 Å². The fraction of sp³-hybridized carbons (Fsp3) is 0.741. The molecule has 12 nitrogen and oxygen atoms in total. The second-order valence-corrected chi connectivity index (χ2v) is 11.1. The first-order valence-electron chi connectivity index (χ1n) is 12.9. The number of hydrogen-bond donors (Lipinski definition) is 0. The van der Waals surface area contributed by atoms with Crippen LogP contribution in [0.3, 0.4) is 0 Å². The largest absolute Gasteiger partial charge is 0.463 e. The van der Waals surface area contributed by atoms with Gasteiger partial charge in [0.25, 0.3) is 0 Å². The van der Waals surface area contributed by atoms with E-state index in [1.165, 1.54) is 6.92 Å². The summed E-state index contributed by atoms with van der Waals surface area (Å²) in [6, 6.07) is 0. The second kappa shape index (κ2) is 11.7. The van der Waals surface area contributed by atoms with Crippen molar-refractivity contribution in [3.8, 4) is 0 Å². The summed E-state index contributed by atoms with van der Waals surface area (Å²) in [6.45, 7) is 11.9. The van der Waals surface area contributed by atoms with Crippen LogP contribution in [0.5, 0.6) is 0 Å². The first kappa shape index (κ1) is 30.7. The number of rotatable bonds is 8. The molecular formula is C27H38O12. The van der Waals surface area contributed by atoms with Crippen LogP contribution < -0.4 is 0 Å². The molecule has 39 heavy (non-hydrogen) atoms. The minimum Gasteiger partial charge on any atom is -0.463 e. The molecule has 0 aromatic rings. The molecule has 8 unspecified atom stereocenters. The Hall–Kier alpha value is -2.83. The summed E-state index contributed by atoms with van der Waals surface area (Å²) in [6.07, 6.45) is -5.07. The lowest BCUT2D eigenvalue weighted by atomic mass is 9.66. The van der Waals surface area contributed by atoms with Crippen LogP contribution in [0, 0.1) is 5.41 Å². The highest BCUT2D eigenvalue weighted by molar-refractivity contribution is 5.83. The quantitative estimate of drug-likeness (QED) is 0.245. The molecule has 2 aliphatic heterocycles. The molecule has 3 rings (SSSR count).